The van der Waals surface area contributed by atoms with E-state index in [1.807, 2.05) is 9.80 Å². The van der Waals surface area contributed by atoms with E-state index in [0.717, 1.165) is 51.9 Å². The van der Waals surface area contributed by atoms with Crippen LogP contribution in [0.5, 0.6) is 0 Å². The lowest BCUT2D eigenvalue weighted by atomic mass is 9.81. The molecule has 28 heavy (non-hydrogen) atoms. The molecule has 0 radical (unpaired) electrons. The largest absolute Gasteiger partial charge is 0.341 e. The second kappa shape index (κ2) is 11.0. The zero-order valence-corrected chi connectivity index (χ0v) is 19.0. The fraction of sp³-hybridized carbons (Fsp3) is 0.900. The molecular weight excluding hydrogens is 399 g/mol. The van der Waals surface area contributed by atoms with Gasteiger partial charge in [0.2, 0.25) is 11.8 Å². The first kappa shape index (κ1) is 25.5. The topological polar surface area (TPSA) is 69.9 Å². The van der Waals surface area contributed by atoms with Crippen molar-refractivity contribution in [2.24, 2.45) is 17.6 Å². The van der Waals surface area contributed by atoms with Gasteiger partial charge in [-0.15, -0.1) is 24.8 Å². The van der Waals surface area contributed by atoms with Crippen LogP contribution in [0.4, 0.5) is 0 Å². The summed E-state index contributed by atoms with van der Waals surface area (Å²) < 4.78 is 0. The van der Waals surface area contributed by atoms with Gasteiger partial charge in [0, 0.05) is 39.3 Å². The smallest absolute Gasteiger partial charge is 0.242 e. The summed E-state index contributed by atoms with van der Waals surface area (Å²) >= 11 is 0. The van der Waals surface area contributed by atoms with E-state index in [2.05, 4.69) is 18.7 Å². The summed E-state index contributed by atoms with van der Waals surface area (Å²) in [6.45, 7) is 9.64. The van der Waals surface area contributed by atoms with Crippen LogP contribution >= 0.6 is 24.8 Å². The van der Waals surface area contributed by atoms with Gasteiger partial charge in [0.1, 0.15) is 0 Å². The molecule has 2 atom stereocenters. The van der Waals surface area contributed by atoms with Gasteiger partial charge in [0.05, 0.1) is 12.1 Å². The van der Waals surface area contributed by atoms with Crippen LogP contribution in [-0.4, -0.2) is 77.9 Å². The Kier molecular flexibility index (Phi) is 10.0. The van der Waals surface area contributed by atoms with E-state index < -0.39 is 5.54 Å². The highest BCUT2D eigenvalue weighted by Gasteiger charge is 2.39. The monoisotopic (exact) mass is 436 g/mol. The molecule has 0 aromatic rings. The third-order valence-electron chi connectivity index (χ3n) is 6.41. The van der Waals surface area contributed by atoms with Crippen molar-refractivity contribution >= 4 is 36.6 Å². The molecule has 164 valence electrons. The van der Waals surface area contributed by atoms with Gasteiger partial charge in [-0.2, -0.15) is 0 Å². The summed E-state index contributed by atoms with van der Waals surface area (Å²) in [4.78, 5) is 31.6. The minimum Gasteiger partial charge on any atom is -0.341 e. The maximum Gasteiger partial charge on any atom is 0.242 e. The van der Waals surface area contributed by atoms with Crippen molar-refractivity contribution in [2.45, 2.75) is 57.9 Å². The lowest BCUT2D eigenvalue weighted by Gasteiger charge is -2.41. The summed E-state index contributed by atoms with van der Waals surface area (Å²) in [7, 11) is 0. The average Bonchev–Trinajstić information content (AvgIpc) is 2.61. The third-order valence-corrected chi connectivity index (χ3v) is 6.41. The molecule has 2 unspecified atom stereocenters. The van der Waals surface area contributed by atoms with Crippen molar-refractivity contribution in [3.8, 4) is 0 Å². The fourth-order valence-corrected chi connectivity index (χ4v) is 4.98. The first-order valence-corrected chi connectivity index (χ1v) is 10.5. The zero-order chi connectivity index (χ0) is 18.7. The van der Waals surface area contributed by atoms with Gasteiger partial charge in [0.25, 0.3) is 0 Å². The molecule has 0 aromatic carbocycles. The fourth-order valence-electron chi connectivity index (χ4n) is 4.98. The molecule has 3 aliphatic rings. The van der Waals surface area contributed by atoms with E-state index in [0.29, 0.717) is 31.5 Å². The Morgan fingerprint density at radius 1 is 0.893 bits per heavy atom. The lowest BCUT2D eigenvalue weighted by molar-refractivity contribution is -0.141. The number of carbonyl (C=O) groups excluding carboxylic acids is 2. The number of hydrogen-bond donors (Lipinski definition) is 1. The summed E-state index contributed by atoms with van der Waals surface area (Å²) in [6, 6.07) is 0. The molecule has 3 rings (SSSR count). The zero-order valence-electron chi connectivity index (χ0n) is 17.4. The number of halogens is 2. The van der Waals surface area contributed by atoms with Crippen LogP contribution in [0.3, 0.4) is 0 Å². The predicted molar refractivity (Wildman–Crippen MR) is 117 cm³/mol. The van der Waals surface area contributed by atoms with Gasteiger partial charge < -0.3 is 15.5 Å². The molecule has 0 aromatic heterocycles. The summed E-state index contributed by atoms with van der Waals surface area (Å²) in [5.74, 6) is 1.55. The minimum absolute atomic E-state index is 0. The second-order valence-corrected chi connectivity index (χ2v) is 9.03. The predicted octanol–water partition coefficient (Wildman–Crippen LogP) is 2.14. The minimum atomic E-state index is -0.643. The second-order valence-electron chi connectivity index (χ2n) is 9.03. The summed E-state index contributed by atoms with van der Waals surface area (Å²) in [6.07, 6.45) is 6.15. The van der Waals surface area contributed by atoms with E-state index in [-0.39, 0.29) is 36.6 Å². The highest BCUT2D eigenvalue weighted by atomic mass is 35.5. The van der Waals surface area contributed by atoms with Gasteiger partial charge in [-0.3, -0.25) is 14.5 Å². The number of piperazine rings is 1. The molecule has 8 heteroatoms. The maximum absolute atomic E-state index is 12.8. The van der Waals surface area contributed by atoms with Crippen molar-refractivity contribution in [3.63, 3.8) is 0 Å². The van der Waals surface area contributed by atoms with Crippen LogP contribution in [0.1, 0.15) is 52.4 Å². The van der Waals surface area contributed by atoms with Crippen LogP contribution in [0.15, 0.2) is 0 Å². The molecule has 2 amide bonds. The average molecular weight is 437 g/mol. The Hall–Kier alpha value is -0.560. The first-order chi connectivity index (χ1) is 12.4. The van der Waals surface area contributed by atoms with Crippen LogP contribution in [0.25, 0.3) is 0 Å². The highest BCUT2D eigenvalue weighted by molar-refractivity contribution is 5.86. The van der Waals surface area contributed by atoms with E-state index in [1.165, 1.54) is 12.8 Å². The molecule has 0 spiro atoms. The van der Waals surface area contributed by atoms with Gasteiger partial charge in [0.15, 0.2) is 0 Å². The molecule has 3 fully saturated rings. The molecule has 2 N–H and O–H groups in total. The number of amides is 2. The Morgan fingerprint density at radius 3 is 1.96 bits per heavy atom. The number of nitrogens with zero attached hydrogens (tertiary/aromatic N) is 3. The molecular formula is C20H38Cl2N4O2. The number of piperidine rings is 1. The number of likely N-dealkylation sites (tertiary alicyclic amines) is 1. The van der Waals surface area contributed by atoms with Crippen molar-refractivity contribution in [3.05, 3.63) is 0 Å². The van der Waals surface area contributed by atoms with E-state index in [1.54, 1.807) is 0 Å². The normalized spacial score (nSPS) is 28.1. The Balaban J connectivity index is 0.00000196. The van der Waals surface area contributed by atoms with Gasteiger partial charge in [-0.1, -0.05) is 33.1 Å². The van der Waals surface area contributed by atoms with Crippen molar-refractivity contribution in [1.82, 2.24) is 14.7 Å². The molecule has 2 aliphatic heterocycles. The van der Waals surface area contributed by atoms with Crippen molar-refractivity contribution in [2.75, 3.05) is 45.8 Å². The molecule has 2 heterocycles. The van der Waals surface area contributed by atoms with Crippen molar-refractivity contribution < 1.29 is 9.59 Å². The van der Waals surface area contributed by atoms with Crippen LogP contribution in [0.2, 0.25) is 0 Å². The molecule has 2 saturated heterocycles. The summed E-state index contributed by atoms with van der Waals surface area (Å²) in [5, 5.41) is 0. The number of nitrogens with two attached hydrogens (primary N) is 1. The molecule has 6 nitrogen and oxygen atoms in total. The Labute approximate surface area is 182 Å². The van der Waals surface area contributed by atoms with Gasteiger partial charge in [-0.05, 0) is 31.1 Å². The maximum atomic E-state index is 12.8. The van der Waals surface area contributed by atoms with Crippen LogP contribution in [-0.2, 0) is 9.59 Å². The number of rotatable bonds is 3. The number of carbonyl (C=O) groups is 2. The quantitative estimate of drug-likeness (QED) is 0.735. The van der Waals surface area contributed by atoms with E-state index in [9.17, 15) is 9.59 Å². The van der Waals surface area contributed by atoms with Crippen molar-refractivity contribution in [1.29, 1.82) is 0 Å². The molecule has 1 saturated carbocycles. The third kappa shape index (κ3) is 6.22. The molecule has 0 bridgehead atoms. The van der Waals surface area contributed by atoms with Gasteiger partial charge in [-0.25, -0.2) is 0 Å². The summed E-state index contributed by atoms with van der Waals surface area (Å²) in [5.41, 5.74) is 5.76. The SMILES string of the molecule is CC1CC(C)CN(C(=O)CN2CCN(C(=O)C3(N)CCCCC3)CC2)C1.Cl.Cl. The Bertz CT molecular complexity index is 510. The number of hydrogen-bond acceptors (Lipinski definition) is 4. The highest BCUT2D eigenvalue weighted by Crippen LogP contribution is 2.28. The molecule has 1 aliphatic carbocycles. The van der Waals surface area contributed by atoms with Crippen LogP contribution in [0, 0.1) is 11.8 Å². The van der Waals surface area contributed by atoms with Gasteiger partial charge >= 0.3 is 0 Å². The Morgan fingerprint density at radius 2 is 1.43 bits per heavy atom. The van der Waals surface area contributed by atoms with E-state index >= 15 is 0 Å². The van der Waals surface area contributed by atoms with E-state index in [4.69, 9.17) is 5.73 Å². The standard InChI is InChI=1S/C20H36N4O2.2ClH/c1-16-12-17(2)14-24(13-16)18(25)15-22-8-10-23(11-9-22)19(26)20(21)6-4-3-5-7-20;;/h16-17H,3-15,21H2,1-2H3;2*1H. The lowest BCUT2D eigenvalue weighted by Crippen LogP contribution is -2.60. The van der Waals surface area contributed by atoms with Crippen LogP contribution < -0.4 is 5.73 Å². The first-order valence-electron chi connectivity index (χ1n) is 10.5.